The van der Waals surface area contributed by atoms with Crippen LogP contribution in [-0.2, 0) is 6.42 Å². The molecule has 1 amide bonds. The van der Waals surface area contributed by atoms with E-state index in [1.165, 1.54) is 18.3 Å². The van der Waals surface area contributed by atoms with E-state index in [0.29, 0.717) is 16.6 Å². The summed E-state index contributed by atoms with van der Waals surface area (Å²) in [6.45, 7) is 1.91. The zero-order valence-corrected chi connectivity index (χ0v) is 12.5. The quantitative estimate of drug-likeness (QED) is 0.870. The van der Waals surface area contributed by atoms with Crippen LogP contribution < -0.4 is 5.32 Å². The van der Waals surface area contributed by atoms with Gasteiger partial charge in [-0.2, -0.15) is 0 Å². The molecule has 0 saturated heterocycles. The molecule has 0 radical (unpaired) electrons. The van der Waals surface area contributed by atoms with Gasteiger partial charge in [0, 0.05) is 12.2 Å². The largest absolute Gasteiger partial charge is 0.349 e. The second kappa shape index (κ2) is 6.61. The highest BCUT2D eigenvalue weighted by Gasteiger charge is 2.10. The van der Waals surface area contributed by atoms with E-state index in [1.54, 1.807) is 24.3 Å². The summed E-state index contributed by atoms with van der Waals surface area (Å²) in [4.78, 5) is 16.0. The molecule has 2 aromatic rings. The van der Waals surface area contributed by atoms with Crippen LogP contribution in [0.1, 0.15) is 22.8 Å². The fourth-order valence-corrected chi connectivity index (χ4v) is 2.08. The first-order valence-electron chi connectivity index (χ1n) is 6.21. The summed E-state index contributed by atoms with van der Waals surface area (Å²) in [5, 5.41) is 2.89. The van der Waals surface area contributed by atoms with Crippen molar-refractivity contribution in [1.29, 1.82) is 0 Å². The van der Waals surface area contributed by atoms with Gasteiger partial charge in [-0.3, -0.25) is 4.79 Å². The third-order valence-electron chi connectivity index (χ3n) is 2.82. The minimum absolute atomic E-state index is 0.0448. The van der Waals surface area contributed by atoms with Crippen molar-refractivity contribution in [3.8, 4) is 0 Å². The number of amides is 1. The van der Waals surface area contributed by atoms with E-state index in [9.17, 15) is 9.18 Å². The van der Waals surface area contributed by atoms with Crippen LogP contribution in [0.15, 0.2) is 47.2 Å². The Morgan fingerprint density at radius 2 is 2.00 bits per heavy atom. The van der Waals surface area contributed by atoms with Crippen LogP contribution in [0, 0.1) is 5.82 Å². The molecule has 0 saturated carbocycles. The van der Waals surface area contributed by atoms with Crippen LogP contribution in [0.5, 0.6) is 0 Å². The molecule has 2 rings (SSSR count). The van der Waals surface area contributed by atoms with E-state index in [2.05, 4.69) is 26.2 Å². The zero-order valence-electron chi connectivity index (χ0n) is 10.9. The minimum Gasteiger partial charge on any atom is -0.349 e. The lowest BCUT2D eigenvalue weighted by molar-refractivity contribution is 0.0939. The average molecular weight is 337 g/mol. The Bertz CT molecular complexity index is 584. The highest BCUT2D eigenvalue weighted by atomic mass is 79.9. The molecule has 5 heteroatoms. The minimum atomic E-state index is -0.258. The Morgan fingerprint density at radius 3 is 2.60 bits per heavy atom. The fraction of sp³-hybridized carbons (Fsp3) is 0.200. The number of pyridine rings is 1. The smallest absolute Gasteiger partial charge is 0.253 e. The number of hydrogen-bond acceptors (Lipinski definition) is 2. The maximum atomic E-state index is 12.8. The fourth-order valence-electron chi connectivity index (χ4n) is 1.84. The first-order valence-corrected chi connectivity index (χ1v) is 7.01. The second-order valence-corrected chi connectivity index (χ2v) is 5.39. The molecule has 3 nitrogen and oxygen atoms in total. The van der Waals surface area contributed by atoms with E-state index >= 15 is 0 Å². The molecule has 104 valence electrons. The van der Waals surface area contributed by atoms with Crippen LogP contribution in [0.2, 0.25) is 0 Å². The number of rotatable bonds is 4. The summed E-state index contributed by atoms with van der Waals surface area (Å²) in [5.74, 6) is -0.425. The monoisotopic (exact) mass is 336 g/mol. The summed E-state index contributed by atoms with van der Waals surface area (Å²) in [6, 6.07) is 9.66. The predicted octanol–water partition coefficient (Wildman–Crippen LogP) is 3.34. The van der Waals surface area contributed by atoms with E-state index in [0.717, 1.165) is 5.56 Å². The van der Waals surface area contributed by atoms with Crippen LogP contribution in [-0.4, -0.2) is 16.9 Å². The van der Waals surface area contributed by atoms with Gasteiger partial charge in [0.1, 0.15) is 10.4 Å². The Labute approximate surface area is 125 Å². The Balaban J connectivity index is 1.93. The van der Waals surface area contributed by atoms with Crippen molar-refractivity contribution >= 4 is 21.8 Å². The summed E-state index contributed by atoms with van der Waals surface area (Å²) >= 11 is 3.22. The van der Waals surface area contributed by atoms with Gasteiger partial charge >= 0.3 is 0 Å². The normalized spacial score (nSPS) is 11.9. The van der Waals surface area contributed by atoms with Crippen molar-refractivity contribution < 1.29 is 9.18 Å². The van der Waals surface area contributed by atoms with E-state index in [4.69, 9.17) is 0 Å². The van der Waals surface area contributed by atoms with E-state index < -0.39 is 0 Å². The number of carbonyl (C=O) groups excluding carboxylic acids is 1. The number of benzene rings is 1. The molecule has 1 aromatic carbocycles. The summed E-state index contributed by atoms with van der Waals surface area (Å²) in [7, 11) is 0. The SMILES string of the molecule is CC(Cc1ccc(F)cc1)NC(=O)c1ccc(Br)nc1. The van der Waals surface area contributed by atoms with Crippen molar-refractivity contribution in [2.45, 2.75) is 19.4 Å². The van der Waals surface area contributed by atoms with Crippen LogP contribution in [0.4, 0.5) is 4.39 Å². The standard InChI is InChI=1S/C15H14BrFN2O/c1-10(8-11-2-5-13(17)6-3-11)19-15(20)12-4-7-14(16)18-9-12/h2-7,9-10H,8H2,1H3,(H,19,20). The molecule has 1 unspecified atom stereocenters. The lowest BCUT2D eigenvalue weighted by Gasteiger charge is -2.14. The Hall–Kier alpha value is -1.75. The lowest BCUT2D eigenvalue weighted by Crippen LogP contribution is -2.34. The third-order valence-corrected chi connectivity index (χ3v) is 3.29. The molecule has 1 aromatic heterocycles. The number of nitrogens with one attached hydrogen (secondary N) is 1. The Kier molecular flexibility index (Phi) is 4.84. The molecule has 0 aliphatic carbocycles. The highest BCUT2D eigenvalue weighted by molar-refractivity contribution is 9.10. The molecule has 0 aliphatic rings. The number of nitrogens with zero attached hydrogens (tertiary/aromatic N) is 1. The van der Waals surface area contributed by atoms with Crippen LogP contribution >= 0.6 is 15.9 Å². The first kappa shape index (κ1) is 14.7. The zero-order chi connectivity index (χ0) is 14.5. The van der Waals surface area contributed by atoms with Gasteiger partial charge in [-0.1, -0.05) is 12.1 Å². The number of halogens is 2. The molecule has 0 bridgehead atoms. The molecule has 1 N–H and O–H groups in total. The molecule has 20 heavy (non-hydrogen) atoms. The topological polar surface area (TPSA) is 42.0 Å². The predicted molar refractivity (Wildman–Crippen MR) is 79.0 cm³/mol. The molecule has 1 atom stereocenters. The third kappa shape index (κ3) is 4.13. The molecule has 1 heterocycles. The number of hydrogen-bond donors (Lipinski definition) is 1. The molecular weight excluding hydrogens is 323 g/mol. The van der Waals surface area contributed by atoms with Gasteiger partial charge in [-0.05, 0) is 59.1 Å². The van der Waals surface area contributed by atoms with Crippen molar-refractivity contribution in [2.75, 3.05) is 0 Å². The van der Waals surface area contributed by atoms with Crippen molar-refractivity contribution in [2.24, 2.45) is 0 Å². The van der Waals surface area contributed by atoms with Gasteiger partial charge in [0.2, 0.25) is 0 Å². The maximum absolute atomic E-state index is 12.8. The van der Waals surface area contributed by atoms with Crippen molar-refractivity contribution in [3.05, 3.63) is 64.1 Å². The van der Waals surface area contributed by atoms with Crippen molar-refractivity contribution in [3.63, 3.8) is 0 Å². The highest BCUT2D eigenvalue weighted by Crippen LogP contribution is 2.08. The van der Waals surface area contributed by atoms with Gasteiger partial charge in [-0.15, -0.1) is 0 Å². The summed E-state index contributed by atoms with van der Waals surface area (Å²) < 4.78 is 13.5. The second-order valence-electron chi connectivity index (χ2n) is 4.57. The Morgan fingerprint density at radius 1 is 1.30 bits per heavy atom. The maximum Gasteiger partial charge on any atom is 0.253 e. The first-order chi connectivity index (χ1) is 9.54. The average Bonchev–Trinajstić information content (AvgIpc) is 2.42. The van der Waals surface area contributed by atoms with Gasteiger partial charge in [0.05, 0.1) is 5.56 Å². The number of carbonyl (C=O) groups is 1. The number of aromatic nitrogens is 1. The van der Waals surface area contributed by atoms with E-state index in [1.807, 2.05) is 6.92 Å². The molecule has 0 spiro atoms. The van der Waals surface area contributed by atoms with E-state index in [-0.39, 0.29) is 17.8 Å². The molecule has 0 fully saturated rings. The van der Waals surface area contributed by atoms with Crippen molar-refractivity contribution in [1.82, 2.24) is 10.3 Å². The summed E-state index contributed by atoms with van der Waals surface area (Å²) in [5.41, 5.74) is 1.49. The van der Waals surface area contributed by atoms with Gasteiger partial charge < -0.3 is 5.32 Å². The van der Waals surface area contributed by atoms with Crippen LogP contribution in [0.3, 0.4) is 0 Å². The van der Waals surface area contributed by atoms with Crippen LogP contribution in [0.25, 0.3) is 0 Å². The molecule has 0 aliphatic heterocycles. The van der Waals surface area contributed by atoms with Gasteiger partial charge in [0.25, 0.3) is 5.91 Å². The summed E-state index contributed by atoms with van der Waals surface area (Å²) in [6.07, 6.45) is 2.17. The lowest BCUT2D eigenvalue weighted by atomic mass is 10.1. The van der Waals surface area contributed by atoms with Gasteiger partial charge in [-0.25, -0.2) is 9.37 Å². The molecular formula is C15H14BrFN2O. The van der Waals surface area contributed by atoms with Gasteiger partial charge in [0.15, 0.2) is 0 Å².